The van der Waals surface area contributed by atoms with E-state index in [1.54, 1.807) is 0 Å². The van der Waals surface area contributed by atoms with Crippen LogP contribution in [-0.2, 0) is 26.5 Å². The molecule has 0 aliphatic carbocycles. The number of sulfonamides is 2. The van der Waals surface area contributed by atoms with Gasteiger partial charge in [-0.1, -0.05) is 0 Å². The lowest BCUT2D eigenvalue weighted by Gasteiger charge is -2.20. The zero-order valence-corrected chi connectivity index (χ0v) is 13.4. The highest BCUT2D eigenvalue weighted by molar-refractivity contribution is 7.91. The Balaban J connectivity index is 2.44. The van der Waals surface area contributed by atoms with E-state index in [1.165, 1.54) is 19.9 Å². The smallest absolute Gasteiger partial charge is 0.250 e. The zero-order chi connectivity index (χ0) is 15.3. The number of fused-ring (bicyclic) bond motifs is 1. The fraction of sp³-hybridized carbons (Fsp3) is 0.600. The number of primary sulfonamides is 1. The predicted octanol–water partition coefficient (Wildman–Crippen LogP) is -0.317. The van der Waals surface area contributed by atoms with Crippen LogP contribution in [0.5, 0.6) is 0 Å². The van der Waals surface area contributed by atoms with Gasteiger partial charge in [0.15, 0.2) is 0 Å². The summed E-state index contributed by atoms with van der Waals surface area (Å²) in [5, 5.41) is 15.0. The lowest BCUT2D eigenvalue weighted by atomic mass is 10.1. The molecule has 0 fully saturated rings. The van der Waals surface area contributed by atoms with Crippen LogP contribution in [0.4, 0.5) is 0 Å². The molecule has 1 unspecified atom stereocenters. The number of nitrogens with two attached hydrogens (primary N) is 1. The topological polar surface area (TPSA) is 127 Å². The number of aliphatic hydroxyl groups excluding tert-OH is 1. The average Bonchev–Trinajstić information content (AvgIpc) is 2.67. The third-order valence-electron chi connectivity index (χ3n) is 3.22. The lowest BCUT2D eigenvalue weighted by Crippen LogP contribution is -2.39. The van der Waals surface area contributed by atoms with Crippen LogP contribution in [0.1, 0.15) is 30.4 Å². The molecule has 0 saturated heterocycles. The van der Waals surface area contributed by atoms with E-state index in [9.17, 15) is 21.9 Å². The number of nitrogens with one attached hydrogen (secondary N) is 1. The van der Waals surface area contributed by atoms with Gasteiger partial charge in [0.1, 0.15) is 4.21 Å². The number of aliphatic hydroxyl groups is 1. The van der Waals surface area contributed by atoms with Crippen LogP contribution in [0.3, 0.4) is 0 Å². The number of hydrogen-bond donors (Lipinski definition) is 3. The number of rotatable bonds is 3. The van der Waals surface area contributed by atoms with Crippen molar-refractivity contribution in [2.24, 2.45) is 5.14 Å². The van der Waals surface area contributed by atoms with Gasteiger partial charge >= 0.3 is 0 Å². The van der Waals surface area contributed by atoms with Crippen LogP contribution in [0, 0.1) is 0 Å². The van der Waals surface area contributed by atoms with Gasteiger partial charge in [-0.25, -0.2) is 26.7 Å². The molecular weight excluding hydrogens is 324 g/mol. The van der Waals surface area contributed by atoms with E-state index in [4.69, 9.17) is 5.14 Å². The second-order valence-corrected chi connectivity index (χ2v) is 10.6. The van der Waals surface area contributed by atoms with Crippen LogP contribution < -0.4 is 9.86 Å². The first-order valence-electron chi connectivity index (χ1n) is 5.77. The molecule has 0 saturated carbocycles. The van der Waals surface area contributed by atoms with Crippen molar-refractivity contribution in [3.05, 3.63) is 16.5 Å². The molecule has 10 heteroatoms. The van der Waals surface area contributed by atoms with Gasteiger partial charge in [0, 0.05) is 23.4 Å². The summed E-state index contributed by atoms with van der Waals surface area (Å²) in [6.45, 7) is 2.87. The molecule has 20 heavy (non-hydrogen) atoms. The molecule has 2 heterocycles. The van der Waals surface area contributed by atoms with E-state index in [0.29, 0.717) is 10.4 Å². The number of β-amino-alcohol motifs (C(OH)–C–C–N with tert-alkyl or cyclic N) is 1. The average molecular weight is 340 g/mol. The Hall–Kier alpha value is -0.520. The van der Waals surface area contributed by atoms with Crippen molar-refractivity contribution < 1.29 is 21.9 Å². The third-order valence-corrected chi connectivity index (χ3v) is 8.02. The second kappa shape index (κ2) is 4.75. The Morgan fingerprint density at radius 1 is 1.55 bits per heavy atom. The van der Waals surface area contributed by atoms with Crippen molar-refractivity contribution in [1.29, 1.82) is 0 Å². The summed E-state index contributed by atoms with van der Waals surface area (Å²) < 4.78 is 47.8. The molecule has 1 aromatic heterocycles. The number of thiophene rings is 1. The summed E-state index contributed by atoms with van der Waals surface area (Å²) in [4.78, 5) is 0.556. The molecule has 1 aliphatic rings. The van der Waals surface area contributed by atoms with Gasteiger partial charge in [0.2, 0.25) is 10.0 Å². The van der Waals surface area contributed by atoms with Crippen molar-refractivity contribution in [3.63, 3.8) is 0 Å². The predicted molar refractivity (Wildman–Crippen MR) is 75.4 cm³/mol. The molecule has 1 atom stereocenters. The molecule has 0 amide bonds. The first-order chi connectivity index (χ1) is 8.94. The summed E-state index contributed by atoms with van der Waals surface area (Å²) in [7, 11) is -7.38. The van der Waals surface area contributed by atoms with Gasteiger partial charge in [-0.3, -0.25) is 0 Å². The fourth-order valence-electron chi connectivity index (χ4n) is 1.85. The molecule has 1 aromatic rings. The van der Waals surface area contributed by atoms with Crippen LogP contribution in [0.25, 0.3) is 0 Å². The van der Waals surface area contributed by atoms with E-state index >= 15 is 0 Å². The second-order valence-electron chi connectivity index (χ2n) is 5.30. The van der Waals surface area contributed by atoms with Crippen LogP contribution >= 0.6 is 11.3 Å². The Labute approximate surface area is 121 Å². The van der Waals surface area contributed by atoms with Gasteiger partial charge < -0.3 is 5.11 Å². The van der Waals surface area contributed by atoms with E-state index < -0.39 is 30.9 Å². The maximum absolute atomic E-state index is 11.8. The van der Waals surface area contributed by atoms with Gasteiger partial charge in [-0.2, -0.15) is 0 Å². The fourth-order valence-corrected chi connectivity index (χ4v) is 5.42. The monoisotopic (exact) mass is 340 g/mol. The number of hydrogen-bond acceptors (Lipinski definition) is 6. The van der Waals surface area contributed by atoms with Gasteiger partial charge in [-0.15, -0.1) is 11.3 Å². The minimum Gasteiger partial charge on any atom is -0.387 e. The van der Waals surface area contributed by atoms with Crippen molar-refractivity contribution in [2.45, 2.75) is 35.3 Å². The zero-order valence-electron chi connectivity index (χ0n) is 11.0. The Kier molecular flexibility index (Phi) is 3.77. The van der Waals surface area contributed by atoms with E-state index in [2.05, 4.69) is 4.72 Å². The molecule has 1 aliphatic heterocycles. The molecule has 0 spiro atoms. The molecular formula is C10H16N2O5S3. The third kappa shape index (κ3) is 2.76. The highest BCUT2D eigenvalue weighted by Crippen LogP contribution is 2.36. The summed E-state index contributed by atoms with van der Waals surface area (Å²) in [6.07, 6.45) is -0.831. The van der Waals surface area contributed by atoms with Crippen LogP contribution in [-0.4, -0.2) is 33.2 Å². The van der Waals surface area contributed by atoms with Gasteiger partial charge in [0.25, 0.3) is 10.0 Å². The van der Waals surface area contributed by atoms with E-state index in [0.717, 1.165) is 11.3 Å². The Bertz CT molecular complexity index is 733. The molecule has 7 nitrogen and oxygen atoms in total. The highest BCUT2D eigenvalue weighted by Gasteiger charge is 2.35. The minimum atomic E-state index is -3.77. The van der Waals surface area contributed by atoms with Gasteiger partial charge in [-0.05, 0) is 19.9 Å². The molecule has 114 valence electrons. The summed E-state index contributed by atoms with van der Waals surface area (Å²) in [6, 6.07) is 1.54. The maximum atomic E-state index is 11.8. The standard InChI is InChI=1S/C10H16N2O5S3/c1-10(2,20(11,16)17)4-6-3-7-8(13)5-12-19(14,15)9(7)18-6/h3,8,12-13H,4-5H2,1-2H3,(H2,11,16,17). The SMILES string of the molecule is CC(C)(Cc1cc2c(s1)S(=O)(=O)NCC2O)S(N)(=O)=O. The first kappa shape index (κ1) is 15.9. The normalized spacial score (nSPS) is 22.5. The molecule has 0 bridgehead atoms. The maximum Gasteiger partial charge on any atom is 0.250 e. The highest BCUT2D eigenvalue weighted by atomic mass is 32.2. The lowest BCUT2D eigenvalue weighted by molar-refractivity contribution is 0.176. The summed E-state index contributed by atoms with van der Waals surface area (Å²) in [5.74, 6) is 0. The van der Waals surface area contributed by atoms with Crippen LogP contribution in [0.2, 0.25) is 0 Å². The molecule has 0 radical (unpaired) electrons. The minimum absolute atomic E-state index is 0.0384. The summed E-state index contributed by atoms with van der Waals surface area (Å²) >= 11 is 0.959. The van der Waals surface area contributed by atoms with E-state index in [1.807, 2.05) is 0 Å². The molecule has 2 rings (SSSR count). The van der Waals surface area contributed by atoms with Crippen molar-refractivity contribution in [1.82, 2.24) is 4.72 Å². The molecule has 4 N–H and O–H groups in total. The molecule has 0 aromatic carbocycles. The van der Waals surface area contributed by atoms with Crippen molar-refractivity contribution in [2.75, 3.05) is 6.54 Å². The van der Waals surface area contributed by atoms with Crippen molar-refractivity contribution >= 4 is 31.4 Å². The van der Waals surface area contributed by atoms with E-state index in [-0.39, 0.29) is 17.2 Å². The Morgan fingerprint density at radius 2 is 2.15 bits per heavy atom. The largest absolute Gasteiger partial charge is 0.387 e. The van der Waals surface area contributed by atoms with Crippen LogP contribution in [0.15, 0.2) is 10.3 Å². The Morgan fingerprint density at radius 3 is 2.65 bits per heavy atom. The van der Waals surface area contributed by atoms with Crippen molar-refractivity contribution in [3.8, 4) is 0 Å². The van der Waals surface area contributed by atoms with Gasteiger partial charge in [0.05, 0.1) is 10.9 Å². The quantitative estimate of drug-likeness (QED) is 0.695. The summed E-state index contributed by atoms with van der Waals surface area (Å²) in [5.41, 5.74) is 0.314. The first-order valence-corrected chi connectivity index (χ1v) is 9.61.